The summed E-state index contributed by atoms with van der Waals surface area (Å²) in [5.41, 5.74) is 1.49. The molecule has 0 saturated carbocycles. The Bertz CT molecular complexity index is 271. The average molecular weight is 202 g/mol. The lowest BCUT2D eigenvalue weighted by Gasteiger charge is -2.14. The Morgan fingerprint density at radius 1 is 1.07 bits per heavy atom. The second-order valence-corrected chi connectivity index (χ2v) is 4.01. The minimum absolute atomic E-state index is 0.707. The fraction of sp³-hybridized carbons (Fsp3) is 0.467. The van der Waals surface area contributed by atoms with Crippen molar-refractivity contribution in [2.45, 2.75) is 45.4 Å². The van der Waals surface area contributed by atoms with Crippen LogP contribution in [0.15, 0.2) is 42.5 Å². The Morgan fingerprint density at radius 3 is 2.40 bits per heavy atom. The first-order valence-electron chi connectivity index (χ1n) is 6.08. The Labute approximate surface area is 94.0 Å². The summed E-state index contributed by atoms with van der Waals surface area (Å²) < 4.78 is 0. The third-order valence-corrected chi connectivity index (χ3v) is 2.73. The van der Waals surface area contributed by atoms with Crippen molar-refractivity contribution in [3.8, 4) is 0 Å². The number of allylic oxidation sites excluding steroid dienone is 2. The van der Waals surface area contributed by atoms with Crippen LogP contribution in [0.2, 0.25) is 0 Å². The molecule has 0 radical (unpaired) electrons. The number of hydrogen-bond acceptors (Lipinski definition) is 0. The van der Waals surface area contributed by atoms with Crippen LogP contribution in [0.3, 0.4) is 0 Å². The summed E-state index contributed by atoms with van der Waals surface area (Å²) in [6.45, 7) is 4.45. The summed E-state index contributed by atoms with van der Waals surface area (Å²) in [5.74, 6) is 0.707. The van der Waals surface area contributed by atoms with E-state index >= 15 is 0 Å². The van der Waals surface area contributed by atoms with Crippen molar-refractivity contribution in [3.05, 3.63) is 48.0 Å². The van der Waals surface area contributed by atoms with Gasteiger partial charge in [0, 0.05) is 0 Å². The van der Waals surface area contributed by atoms with Gasteiger partial charge < -0.3 is 0 Å². The van der Waals surface area contributed by atoms with E-state index in [9.17, 15) is 0 Å². The molecular formula is C15H22. The fourth-order valence-corrected chi connectivity index (χ4v) is 1.92. The van der Waals surface area contributed by atoms with Gasteiger partial charge in [-0.1, -0.05) is 62.8 Å². The highest BCUT2D eigenvalue weighted by molar-refractivity contribution is 5.20. The Balaban J connectivity index is 2.61. The van der Waals surface area contributed by atoms with Gasteiger partial charge in [-0.2, -0.15) is 0 Å². The van der Waals surface area contributed by atoms with Crippen LogP contribution in [0.5, 0.6) is 0 Å². The molecule has 0 N–H and O–H groups in total. The molecule has 0 nitrogen and oxygen atoms in total. The molecule has 0 aliphatic carbocycles. The van der Waals surface area contributed by atoms with E-state index in [1.54, 1.807) is 0 Å². The minimum Gasteiger partial charge on any atom is -0.0888 e. The molecule has 0 saturated heterocycles. The summed E-state index contributed by atoms with van der Waals surface area (Å²) in [6.07, 6.45) is 9.48. The van der Waals surface area contributed by atoms with Crippen molar-refractivity contribution < 1.29 is 0 Å². The van der Waals surface area contributed by atoms with E-state index in [-0.39, 0.29) is 0 Å². The second-order valence-electron chi connectivity index (χ2n) is 4.01. The van der Waals surface area contributed by atoms with E-state index < -0.39 is 0 Å². The normalized spacial score (nSPS) is 13.2. The summed E-state index contributed by atoms with van der Waals surface area (Å²) >= 11 is 0. The lowest BCUT2D eigenvalue weighted by molar-refractivity contribution is 0.620. The monoisotopic (exact) mass is 202 g/mol. The molecule has 0 amide bonds. The smallest absolute Gasteiger partial charge is 0.0127 e. The van der Waals surface area contributed by atoms with Gasteiger partial charge in [0.15, 0.2) is 0 Å². The van der Waals surface area contributed by atoms with Gasteiger partial charge in [-0.25, -0.2) is 0 Å². The van der Waals surface area contributed by atoms with Gasteiger partial charge in [0.25, 0.3) is 0 Å². The van der Waals surface area contributed by atoms with Crippen molar-refractivity contribution >= 4 is 0 Å². The molecule has 0 heteroatoms. The first kappa shape index (κ1) is 12.0. The maximum absolute atomic E-state index is 2.33. The molecule has 1 unspecified atom stereocenters. The van der Waals surface area contributed by atoms with Crippen molar-refractivity contribution in [1.29, 1.82) is 0 Å². The van der Waals surface area contributed by atoms with Gasteiger partial charge in [0.1, 0.15) is 0 Å². The quantitative estimate of drug-likeness (QED) is 0.574. The molecule has 0 aliphatic heterocycles. The zero-order valence-corrected chi connectivity index (χ0v) is 9.95. The van der Waals surface area contributed by atoms with Gasteiger partial charge in [-0.15, -0.1) is 0 Å². The molecule has 0 aliphatic rings. The molecule has 0 bridgehead atoms. The zero-order chi connectivity index (χ0) is 10.9. The molecule has 1 atom stereocenters. The third-order valence-electron chi connectivity index (χ3n) is 2.73. The van der Waals surface area contributed by atoms with Crippen molar-refractivity contribution in [2.75, 3.05) is 0 Å². The third kappa shape index (κ3) is 4.33. The van der Waals surface area contributed by atoms with Crippen LogP contribution in [-0.2, 0) is 0 Å². The average Bonchev–Trinajstić information content (AvgIpc) is 2.29. The molecule has 1 aromatic carbocycles. The van der Waals surface area contributed by atoms with E-state index in [0.29, 0.717) is 5.92 Å². The van der Waals surface area contributed by atoms with Gasteiger partial charge in [-0.3, -0.25) is 0 Å². The fourth-order valence-electron chi connectivity index (χ4n) is 1.92. The predicted octanol–water partition coefficient (Wildman–Crippen LogP) is 4.93. The Kier molecular flexibility index (Phi) is 5.84. The van der Waals surface area contributed by atoms with Crippen molar-refractivity contribution in [3.63, 3.8) is 0 Å². The van der Waals surface area contributed by atoms with Gasteiger partial charge >= 0.3 is 0 Å². The Morgan fingerprint density at radius 2 is 1.80 bits per heavy atom. The first-order chi connectivity index (χ1) is 7.38. The van der Waals surface area contributed by atoms with E-state index in [2.05, 4.69) is 56.3 Å². The molecule has 15 heavy (non-hydrogen) atoms. The van der Waals surface area contributed by atoms with Crippen LogP contribution in [0.4, 0.5) is 0 Å². The van der Waals surface area contributed by atoms with Crippen molar-refractivity contribution in [2.24, 2.45) is 0 Å². The molecule has 0 fully saturated rings. The summed E-state index contributed by atoms with van der Waals surface area (Å²) in [6, 6.07) is 10.9. The molecule has 0 heterocycles. The minimum atomic E-state index is 0.707. The number of hydrogen-bond donors (Lipinski definition) is 0. The summed E-state index contributed by atoms with van der Waals surface area (Å²) in [4.78, 5) is 0. The highest BCUT2D eigenvalue weighted by Crippen LogP contribution is 2.25. The topological polar surface area (TPSA) is 0 Å². The molecular weight excluding hydrogens is 180 g/mol. The van der Waals surface area contributed by atoms with E-state index in [1.807, 2.05) is 0 Å². The SMILES string of the molecule is CC/C=C\CC(CCC)c1ccccc1. The van der Waals surface area contributed by atoms with Crippen LogP contribution >= 0.6 is 0 Å². The van der Waals surface area contributed by atoms with Gasteiger partial charge in [0.05, 0.1) is 0 Å². The second kappa shape index (κ2) is 7.28. The highest BCUT2D eigenvalue weighted by atomic mass is 14.1. The van der Waals surface area contributed by atoms with E-state index in [4.69, 9.17) is 0 Å². The van der Waals surface area contributed by atoms with E-state index in [0.717, 1.165) is 6.42 Å². The van der Waals surface area contributed by atoms with Gasteiger partial charge in [0.2, 0.25) is 0 Å². The zero-order valence-electron chi connectivity index (χ0n) is 9.95. The number of rotatable bonds is 6. The standard InChI is InChI=1S/C15H22/c1-3-5-7-11-14(10-4-2)15-12-8-6-9-13-15/h5-9,12-14H,3-4,10-11H2,1-2H3/b7-5-. The maximum Gasteiger partial charge on any atom is -0.0127 e. The van der Waals surface area contributed by atoms with Crippen LogP contribution < -0.4 is 0 Å². The molecule has 1 rings (SSSR count). The molecule has 0 aromatic heterocycles. The van der Waals surface area contributed by atoms with Crippen LogP contribution in [0, 0.1) is 0 Å². The Hall–Kier alpha value is -1.04. The molecule has 1 aromatic rings. The van der Waals surface area contributed by atoms with E-state index in [1.165, 1.54) is 24.8 Å². The lowest BCUT2D eigenvalue weighted by atomic mass is 9.91. The van der Waals surface area contributed by atoms with Crippen LogP contribution in [0.1, 0.15) is 51.0 Å². The highest BCUT2D eigenvalue weighted by Gasteiger charge is 2.07. The maximum atomic E-state index is 2.33. The van der Waals surface area contributed by atoms with Crippen molar-refractivity contribution in [1.82, 2.24) is 0 Å². The number of benzene rings is 1. The largest absolute Gasteiger partial charge is 0.0888 e. The first-order valence-corrected chi connectivity index (χ1v) is 6.08. The van der Waals surface area contributed by atoms with Crippen LogP contribution in [-0.4, -0.2) is 0 Å². The predicted molar refractivity (Wildman–Crippen MR) is 68.1 cm³/mol. The summed E-state index contributed by atoms with van der Waals surface area (Å²) in [7, 11) is 0. The van der Waals surface area contributed by atoms with Crippen LogP contribution in [0.25, 0.3) is 0 Å². The summed E-state index contributed by atoms with van der Waals surface area (Å²) in [5, 5.41) is 0. The lowest BCUT2D eigenvalue weighted by Crippen LogP contribution is -1.96. The van der Waals surface area contributed by atoms with Gasteiger partial charge in [-0.05, 0) is 30.7 Å². The molecule has 82 valence electrons. The molecule has 0 spiro atoms.